The summed E-state index contributed by atoms with van der Waals surface area (Å²) in [5.41, 5.74) is 1.12. The molecule has 0 amide bonds. The van der Waals surface area contributed by atoms with Crippen molar-refractivity contribution >= 4 is 71.0 Å². The van der Waals surface area contributed by atoms with Gasteiger partial charge in [-0.25, -0.2) is 38.7 Å². The predicted octanol–water partition coefficient (Wildman–Crippen LogP) is 1.78. The molecule has 0 aromatic carbocycles. The minimum atomic E-state index is -4.24. The van der Waals surface area contributed by atoms with Crippen LogP contribution < -0.4 is 10.6 Å². The number of halogens is 2. The fraction of sp³-hybridized carbons (Fsp3) is 0.500. The van der Waals surface area contributed by atoms with Crippen LogP contribution in [0.4, 0.5) is 20.4 Å². The quantitative estimate of drug-likeness (QED) is 0.149. The summed E-state index contributed by atoms with van der Waals surface area (Å²) >= 11 is 10.5. The van der Waals surface area contributed by atoms with Gasteiger partial charge in [0.15, 0.2) is 58.8 Å². The van der Waals surface area contributed by atoms with E-state index in [2.05, 4.69) is 40.5 Å². The van der Waals surface area contributed by atoms with Gasteiger partial charge in [0.25, 0.3) is 0 Å². The number of nitrogens with one attached hydrogen (secondary N) is 2. The molecule has 0 spiro atoms. The highest BCUT2D eigenvalue weighted by Crippen LogP contribution is 2.54. The summed E-state index contributed by atoms with van der Waals surface area (Å²) in [4.78, 5) is 47.9. The maximum Gasteiger partial charge on any atom is 0.325 e. The molecule has 0 radical (unpaired) electrons. The highest BCUT2D eigenvalue weighted by atomic mass is 32.5. The van der Waals surface area contributed by atoms with Crippen molar-refractivity contribution in [3.8, 4) is 0 Å². The monoisotopic (exact) mass is 746 g/mol. The molecule has 3 fully saturated rings. The van der Waals surface area contributed by atoms with E-state index >= 15 is 8.78 Å². The summed E-state index contributed by atoms with van der Waals surface area (Å²) in [6.45, 7) is -8.93. The number of anilines is 2. The van der Waals surface area contributed by atoms with Gasteiger partial charge in [-0.15, -0.1) is 0 Å². The normalized spacial score (nSPS) is 38.0. The third-order valence-electron chi connectivity index (χ3n) is 8.05. The molecular formula is C24H26F2N10O8P2S2. The number of imidazole rings is 2. The Morgan fingerprint density at radius 3 is 1.58 bits per heavy atom. The van der Waals surface area contributed by atoms with Crippen molar-refractivity contribution in [2.24, 2.45) is 0 Å². The van der Waals surface area contributed by atoms with E-state index in [-0.39, 0.29) is 11.3 Å². The Bertz CT molecular complexity index is 1860. The second-order valence-corrected chi connectivity index (χ2v) is 16.6. The molecular weight excluding hydrogens is 720 g/mol. The third kappa shape index (κ3) is 5.92. The lowest BCUT2D eigenvalue weighted by Gasteiger charge is -2.29. The maximum atomic E-state index is 16.2. The van der Waals surface area contributed by atoms with Crippen LogP contribution in [0.25, 0.3) is 22.3 Å². The zero-order valence-electron chi connectivity index (χ0n) is 24.3. The van der Waals surface area contributed by atoms with Crippen molar-refractivity contribution in [2.75, 3.05) is 36.9 Å². The summed E-state index contributed by atoms with van der Waals surface area (Å²) in [6, 6.07) is 0. The molecule has 9 heterocycles. The first-order chi connectivity index (χ1) is 23.1. The van der Waals surface area contributed by atoms with Crippen LogP contribution in [0.1, 0.15) is 12.5 Å². The van der Waals surface area contributed by atoms with Crippen molar-refractivity contribution in [3.63, 3.8) is 0 Å². The summed E-state index contributed by atoms with van der Waals surface area (Å²) in [7, 11) is 0. The SMILES string of the molecule is OP1(=S)OC[C@H]2O[C@@H]3C(F)[C@@H]2OP(O)(=S)OCC2O[C@H](C(F)C2O1)n1cnc2c(ncnc21)NC/C=C/CNc1ncnc2c1ncn23. The molecule has 256 valence electrons. The average molecular weight is 747 g/mol. The number of ether oxygens (including phenoxy) is 2. The molecule has 6 unspecified atom stereocenters. The van der Waals surface area contributed by atoms with Crippen molar-refractivity contribution in [3.05, 3.63) is 37.5 Å². The van der Waals surface area contributed by atoms with Crippen molar-refractivity contribution in [1.29, 1.82) is 0 Å². The van der Waals surface area contributed by atoms with E-state index in [1.54, 1.807) is 0 Å². The largest absolute Gasteiger partial charge is 0.365 e. The number of nitrogens with zero attached hydrogens (tertiary/aromatic N) is 8. The van der Waals surface area contributed by atoms with Crippen LogP contribution in [-0.4, -0.2) is 112 Å². The summed E-state index contributed by atoms with van der Waals surface area (Å²) in [6.07, 6.45) is -3.54. The Labute approximate surface area is 279 Å². The Kier molecular flexibility index (Phi) is 8.50. The molecule has 48 heavy (non-hydrogen) atoms. The van der Waals surface area contributed by atoms with Gasteiger partial charge < -0.3 is 38.9 Å². The standard InChI is InChI=1S/C24H26F2N10O8P2S2/c25-13-17-11-5-39-46(38,48)44-18-12(6-40-45(37,47)43-17)42-24(14(18)26)36-10-34-16-20(30-8-32-22(16)36)28-4-2-1-3-27-19-15-21(31-7-29-19)35(9-33-15)23(13)41-11/h1-2,7-14,17-18,23-24H,3-6H2,(H,37,47)(H,38,48)(H,27,29,31)(H,28,30,32)/b2-1+/t11-,12?,13?,14?,17-,18?,23-,24-,45?,46?/m1/s1. The summed E-state index contributed by atoms with van der Waals surface area (Å²) in [5.74, 6) is 0.763. The Morgan fingerprint density at radius 1 is 0.708 bits per heavy atom. The van der Waals surface area contributed by atoms with Crippen LogP contribution in [0.3, 0.4) is 0 Å². The molecule has 10 atom stereocenters. The van der Waals surface area contributed by atoms with Gasteiger partial charge in [0.1, 0.15) is 37.1 Å². The van der Waals surface area contributed by atoms with E-state index in [1.807, 2.05) is 12.2 Å². The lowest BCUT2D eigenvalue weighted by Crippen LogP contribution is -2.37. The number of aromatic nitrogens is 8. The maximum absolute atomic E-state index is 16.2. The van der Waals surface area contributed by atoms with Gasteiger partial charge in [-0.1, -0.05) is 12.2 Å². The molecule has 4 aromatic heterocycles. The second kappa shape index (κ2) is 12.6. The number of alkyl halides is 2. The Hall–Kier alpha value is -2.72. The fourth-order valence-electron chi connectivity index (χ4n) is 5.87. The fourth-order valence-corrected chi connectivity index (χ4v) is 8.75. The van der Waals surface area contributed by atoms with Crippen LogP contribution in [0, 0.1) is 0 Å². The van der Waals surface area contributed by atoms with Crippen LogP contribution in [0.2, 0.25) is 0 Å². The van der Waals surface area contributed by atoms with E-state index in [0.717, 1.165) is 0 Å². The molecule has 5 aliphatic rings. The van der Waals surface area contributed by atoms with Crippen molar-refractivity contribution < 1.29 is 46.1 Å². The van der Waals surface area contributed by atoms with E-state index in [4.69, 9.17) is 51.2 Å². The van der Waals surface area contributed by atoms with E-state index in [0.29, 0.717) is 35.8 Å². The summed E-state index contributed by atoms with van der Waals surface area (Å²) in [5, 5.41) is 6.30. The highest BCUT2D eigenvalue weighted by molar-refractivity contribution is 8.07. The summed E-state index contributed by atoms with van der Waals surface area (Å²) < 4.78 is 69.5. The number of fused-ring (bicyclic) bond motifs is 10. The number of hydrogen-bond donors (Lipinski definition) is 4. The molecule has 24 heteroatoms. The first-order valence-corrected chi connectivity index (χ1v) is 19.6. The van der Waals surface area contributed by atoms with Crippen LogP contribution >= 0.6 is 13.4 Å². The number of hydrogen-bond acceptors (Lipinski definition) is 16. The van der Waals surface area contributed by atoms with Crippen molar-refractivity contribution in [1.82, 2.24) is 39.0 Å². The number of rotatable bonds is 0. The van der Waals surface area contributed by atoms with E-state index in [1.165, 1.54) is 34.4 Å². The molecule has 4 aromatic rings. The van der Waals surface area contributed by atoms with Gasteiger partial charge >= 0.3 is 13.4 Å². The topological polar surface area (TPSA) is 207 Å². The molecule has 0 saturated carbocycles. The van der Waals surface area contributed by atoms with Crippen LogP contribution in [0.15, 0.2) is 37.5 Å². The first kappa shape index (κ1) is 32.5. The second-order valence-electron chi connectivity index (χ2n) is 11.0. The molecule has 9 rings (SSSR count). The van der Waals surface area contributed by atoms with Gasteiger partial charge in [0.05, 0.1) is 25.9 Å². The molecule has 3 saturated heterocycles. The molecule has 4 N–H and O–H groups in total. The van der Waals surface area contributed by atoms with E-state index < -0.39 is 75.9 Å². The minimum Gasteiger partial charge on any atom is -0.365 e. The highest BCUT2D eigenvalue weighted by Gasteiger charge is 2.53. The Balaban J connectivity index is 1.21. The molecule has 0 aliphatic carbocycles. The van der Waals surface area contributed by atoms with Crippen molar-refractivity contribution in [2.45, 2.75) is 49.2 Å². The molecule has 5 aliphatic heterocycles. The van der Waals surface area contributed by atoms with Gasteiger partial charge in [-0.2, -0.15) is 0 Å². The lowest BCUT2D eigenvalue weighted by molar-refractivity contribution is -0.0583. The smallest absolute Gasteiger partial charge is 0.325 e. The van der Waals surface area contributed by atoms with Gasteiger partial charge in [0, 0.05) is 13.1 Å². The average Bonchev–Trinajstić information content (AvgIpc) is 3.81. The lowest BCUT2D eigenvalue weighted by atomic mass is 10.1. The van der Waals surface area contributed by atoms with Gasteiger partial charge in [0.2, 0.25) is 0 Å². The van der Waals surface area contributed by atoms with Crippen LogP contribution in [0.5, 0.6) is 0 Å². The van der Waals surface area contributed by atoms with Gasteiger partial charge in [-0.05, 0) is 23.6 Å². The van der Waals surface area contributed by atoms with Crippen LogP contribution in [-0.2, 0) is 51.2 Å². The zero-order valence-corrected chi connectivity index (χ0v) is 27.7. The molecule has 18 nitrogen and oxygen atoms in total. The Morgan fingerprint density at radius 2 is 1.15 bits per heavy atom. The first-order valence-electron chi connectivity index (χ1n) is 14.5. The zero-order chi connectivity index (χ0) is 33.2. The third-order valence-corrected chi connectivity index (χ3v) is 11.2. The van der Waals surface area contributed by atoms with Gasteiger partial charge in [-0.3, -0.25) is 18.2 Å². The van der Waals surface area contributed by atoms with E-state index in [9.17, 15) is 9.79 Å². The minimum absolute atomic E-state index is 0.231. The molecule has 14 bridgehead atoms. The predicted molar refractivity (Wildman–Crippen MR) is 169 cm³/mol.